The topological polar surface area (TPSA) is 100 Å². The molecule has 9 nitrogen and oxygen atoms in total. The number of nitrogens with zero attached hydrogens (tertiary/aromatic N) is 4. The van der Waals surface area contributed by atoms with E-state index in [1.165, 1.54) is 0 Å². The van der Waals surface area contributed by atoms with Gasteiger partial charge in [-0.25, -0.2) is 4.68 Å². The first-order valence-corrected chi connectivity index (χ1v) is 10.9. The van der Waals surface area contributed by atoms with Crippen molar-refractivity contribution in [1.29, 1.82) is 0 Å². The molecule has 0 saturated heterocycles. The minimum atomic E-state index is -0.273. The highest BCUT2D eigenvalue weighted by atomic mass is 16.5. The Morgan fingerprint density at radius 1 is 1.00 bits per heavy atom. The number of nitrogens with one attached hydrogen (secondary N) is 1. The summed E-state index contributed by atoms with van der Waals surface area (Å²) < 4.78 is 19.0. The van der Waals surface area contributed by atoms with Gasteiger partial charge in [0, 0.05) is 16.8 Å². The molecular weight excluding hydrogens is 410 g/mol. The Kier molecular flexibility index (Phi) is 6.53. The number of anilines is 1. The number of hydrogen-bond donors (Lipinski definition) is 1. The molecule has 3 aromatic rings. The van der Waals surface area contributed by atoms with Crippen molar-refractivity contribution in [3.63, 3.8) is 0 Å². The highest BCUT2D eigenvalue weighted by molar-refractivity contribution is 6.05. The van der Waals surface area contributed by atoms with Crippen molar-refractivity contribution < 1.29 is 19.0 Å². The molecule has 2 aromatic carbocycles. The maximum Gasteiger partial charge on any atom is 0.255 e. The minimum absolute atomic E-state index is 0.273. The van der Waals surface area contributed by atoms with E-state index >= 15 is 0 Å². The van der Waals surface area contributed by atoms with Gasteiger partial charge in [0.2, 0.25) is 5.75 Å². The summed E-state index contributed by atoms with van der Waals surface area (Å²) in [5.41, 5.74) is 1.98. The van der Waals surface area contributed by atoms with E-state index in [-0.39, 0.29) is 5.91 Å². The monoisotopic (exact) mass is 437 g/mol. The van der Waals surface area contributed by atoms with Gasteiger partial charge in [-0.2, -0.15) is 0 Å². The molecule has 32 heavy (non-hydrogen) atoms. The summed E-state index contributed by atoms with van der Waals surface area (Å²) in [5.74, 6) is 1.93. The zero-order valence-electron chi connectivity index (χ0n) is 18.5. The highest BCUT2D eigenvalue weighted by Crippen LogP contribution is 2.39. The van der Waals surface area contributed by atoms with Crippen molar-refractivity contribution in [2.45, 2.75) is 39.7 Å². The number of aromatic nitrogens is 4. The lowest BCUT2D eigenvalue weighted by Gasteiger charge is -2.17. The van der Waals surface area contributed by atoms with Crippen LogP contribution in [0.3, 0.4) is 0 Å². The summed E-state index contributed by atoms with van der Waals surface area (Å²) in [7, 11) is 0. The number of carbonyl (C=O) groups excluding carboxylic acids is 1. The molecule has 9 heteroatoms. The van der Waals surface area contributed by atoms with Gasteiger partial charge >= 0.3 is 0 Å². The number of benzene rings is 2. The molecule has 1 fully saturated rings. The van der Waals surface area contributed by atoms with Crippen LogP contribution in [0.25, 0.3) is 11.4 Å². The van der Waals surface area contributed by atoms with Gasteiger partial charge in [-0.05, 0) is 80.4 Å². The Morgan fingerprint density at radius 2 is 1.62 bits per heavy atom. The number of amides is 1. The summed E-state index contributed by atoms with van der Waals surface area (Å²) in [6, 6.07) is 11.2. The second-order valence-corrected chi connectivity index (χ2v) is 7.31. The molecule has 0 bridgehead atoms. The molecule has 1 aromatic heterocycles. The Balaban J connectivity index is 1.54. The molecule has 1 N–H and O–H groups in total. The largest absolute Gasteiger partial charge is 0.490 e. The van der Waals surface area contributed by atoms with Gasteiger partial charge < -0.3 is 19.5 Å². The van der Waals surface area contributed by atoms with Crippen LogP contribution < -0.4 is 19.5 Å². The van der Waals surface area contributed by atoms with E-state index in [0.29, 0.717) is 54.4 Å². The van der Waals surface area contributed by atoms with Crippen molar-refractivity contribution in [3.8, 4) is 28.6 Å². The number of tetrazole rings is 1. The lowest BCUT2D eigenvalue weighted by Crippen LogP contribution is -2.13. The predicted octanol–water partition coefficient (Wildman–Crippen LogP) is 4.12. The summed E-state index contributed by atoms with van der Waals surface area (Å²) in [6.45, 7) is 6.99. The van der Waals surface area contributed by atoms with Crippen LogP contribution in [-0.2, 0) is 0 Å². The van der Waals surface area contributed by atoms with Crippen molar-refractivity contribution in [3.05, 3.63) is 42.0 Å². The van der Waals surface area contributed by atoms with Gasteiger partial charge in [0.1, 0.15) is 0 Å². The van der Waals surface area contributed by atoms with Crippen LogP contribution in [0.15, 0.2) is 36.4 Å². The van der Waals surface area contributed by atoms with Crippen LogP contribution in [0.1, 0.15) is 50.0 Å². The fraction of sp³-hybridized carbons (Fsp3) is 0.391. The van der Waals surface area contributed by atoms with E-state index in [1.807, 2.05) is 49.7 Å². The van der Waals surface area contributed by atoms with Crippen molar-refractivity contribution >= 4 is 11.6 Å². The molecule has 1 heterocycles. The number of ether oxygens (including phenoxy) is 3. The zero-order valence-corrected chi connectivity index (χ0v) is 18.5. The Bertz CT molecular complexity index is 1050. The molecule has 1 saturated carbocycles. The van der Waals surface area contributed by atoms with Crippen molar-refractivity contribution in [2.75, 3.05) is 25.1 Å². The first kappa shape index (κ1) is 21.6. The summed E-state index contributed by atoms with van der Waals surface area (Å²) in [5, 5.41) is 14.9. The average Bonchev–Trinajstić information content (AvgIpc) is 3.53. The number of hydrogen-bond acceptors (Lipinski definition) is 7. The Morgan fingerprint density at radius 3 is 2.19 bits per heavy atom. The molecule has 1 aliphatic rings. The van der Waals surface area contributed by atoms with Gasteiger partial charge in [0.25, 0.3) is 5.91 Å². The zero-order chi connectivity index (χ0) is 22.5. The number of carbonyl (C=O) groups is 1. The van der Waals surface area contributed by atoms with E-state index in [0.717, 1.165) is 24.2 Å². The minimum Gasteiger partial charge on any atom is -0.490 e. The second kappa shape index (κ2) is 9.67. The molecule has 4 rings (SSSR count). The molecule has 0 atom stereocenters. The van der Waals surface area contributed by atoms with Gasteiger partial charge in [-0.1, -0.05) is 0 Å². The van der Waals surface area contributed by atoms with Gasteiger partial charge in [-0.15, -0.1) is 5.10 Å². The van der Waals surface area contributed by atoms with Crippen molar-refractivity contribution in [2.24, 2.45) is 0 Å². The third-order valence-electron chi connectivity index (χ3n) is 4.96. The first-order valence-electron chi connectivity index (χ1n) is 10.9. The maximum absolute atomic E-state index is 13.0. The van der Waals surface area contributed by atoms with Gasteiger partial charge in [-0.3, -0.25) is 4.79 Å². The summed E-state index contributed by atoms with van der Waals surface area (Å²) >= 11 is 0. The fourth-order valence-corrected chi connectivity index (χ4v) is 3.37. The molecule has 0 unspecified atom stereocenters. The summed E-state index contributed by atoms with van der Waals surface area (Å²) in [6.07, 6.45) is 2.20. The standard InChI is InChI=1S/C23H27N5O4/c1-4-30-19-13-16(14-20(31-5-2)21(19)32-6-3)23(29)24-17-9-7-15(8-10-17)22-25-26-27-28(22)18-11-12-18/h7-10,13-14,18H,4-6,11-12H2,1-3H3,(H,24,29). The van der Waals surface area contributed by atoms with E-state index in [2.05, 4.69) is 20.8 Å². The van der Waals surface area contributed by atoms with Crippen LogP contribution in [0.5, 0.6) is 17.2 Å². The molecule has 0 radical (unpaired) electrons. The van der Waals surface area contributed by atoms with Crippen LogP contribution in [-0.4, -0.2) is 45.9 Å². The fourth-order valence-electron chi connectivity index (χ4n) is 3.37. The van der Waals surface area contributed by atoms with Crippen molar-refractivity contribution in [1.82, 2.24) is 20.2 Å². The van der Waals surface area contributed by atoms with E-state index < -0.39 is 0 Å². The highest BCUT2D eigenvalue weighted by Gasteiger charge is 2.28. The predicted molar refractivity (Wildman–Crippen MR) is 119 cm³/mol. The number of rotatable bonds is 10. The van der Waals surface area contributed by atoms with E-state index in [4.69, 9.17) is 14.2 Å². The molecule has 1 aliphatic carbocycles. The van der Waals surface area contributed by atoms with Gasteiger partial charge in [0.15, 0.2) is 17.3 Å². The molecule has 1 amide bonds. The van der Waals surface area contributed by atoms with Crippen LogP contribution >= 0.6 is 0 Å². The van der Waals surface area contributed by atoms with Gasteiger partial charge in [0.05, 0.1) is 25.9 Å². The second-order valence-electron chi connectivity index (χ2n) is 7.31. The normalized spacial score (nSPS) is 13.0. The quantitative estimate of drug-likeness (QED) is 0.509. The Labute approximate surface area is 186 Å². The summed E-state index contributed by atoms with van der Waals surface area (Å²) in [4.78, 5) is 13.0. The van der Waals surface area contributed by atoms with Crippen LogP contribution in [0.2, 0.25) is 0 Å². The average molecular weight is 438 g/mol. The molecule has 0 spiro atoms. The van der Waals surface area contributed by atoms with Crippen LogP contribution in [0, 0.1) is 0 Å². The van der Waals surface area contributed by atoms with E-state index in [1.54, 1.807) is 12.1 Å². The van der Waals surface area contributed by atoms with Crippen LogP contribution in [0.4, 0.5) is 5.69 Å². The molecular formula is C23H27N5O4. The molecule has 0 aliphatic heterocycles. The third-order valence-corrected chi connectivity index (χ3v) is 4.96. The first-order chi connectivity index (χ1) is 15.6. The SMILES string of the molecule is CCOc1cc(C(=O)Nc2ccc(-c3nnnn3C3CC3)cc2)cc(OCC)c1OCC. The smallest absolute Gasteiger partial charge is 0.255 e. The van der Waals surface area contributed by atoms with E-state index in [9.17, 15) is 4.79 Å². The lowest BCUT2D eigenvalue weighted by atomic mass is 10.1. The third kappa shape index (κ3) is 4.66. The maximum atomic E-state index is 13.0. The Hall–Kier alpha value is -3.62. The lowest BCUT2D eigenvalue weighted by molar-refractivity contribution is 0.102. The molecule has 168 valence electrons.